The van der Waals surface area contributed by atoms with Crippen molar-refractivity contribution in [3.63, 3.8) is 0 Å². The molecule has 4 nitrogen and oxygen atoms in total. The van der Waals surface area contributed by atoms with Gasteiger partial charge in [-0.2, -0.15) is 0 Å². The summed E-state index contributed by atoms with van der Waals surface area (Å²) in [6.45, 7) is 13.3. The van der Waals surface area contributed by atoms with E-state index in [2.05, 4.69) is 46.1 Å². The lowest BCUT2D eigenvalue weighted by Gasteiger charge is -2.36. The van der Waals surface area contributed by atoms with E-state index in [0.29, 0.717) is 5.92 Å². The molecular formula is C16H27O4P. The summed E-state index contributed by atoms with van der Waals surface area (Å²) in [5.41, 5.74) is 1.48. The Labute approximate surface area is 127 Å². The average Bonchev–Trinajstić information content (AvgIpc) is 2.22. The average molecular weight is 314 g/mol. The topological polar surface area (TPSA) is 66.8 Å². The van der Waals surface area contributed by atoms with E-state index in [9.17, 15) is 4.57 Å². The zero-order valence-corrected chi connectivity index (χ0v) is 14.6. The third kappa shape index (κ3) is 6.64. The van der Waals surface area contributed by atoms with E-state index in [1.807, 2.05) is 12.1 Å². The molecule has 1 unspecified atom stereocenters. The zero-order chi connectivity index (χ0) is 16.5. The number of phosphoric ester groups is 1. The molecule has 1 atom stereocenters. The Kier molecular flexibility index (Phi) is 5.31. The highest BCUT2D eigenvalue weighted by Gasteiger charge is 2.30. The fourth-order valence-corrected chi connectivity index (χ4v) is 2.83. The number of hydrogen-bond acceptors (Lipinski definition) is 2. The standard InChI is InChI=1S/C16H27O4P/c1-15(2,3)11-14(16(4,5)6)12-7-9-13(10-8-12)20-21(17,18)19/h7-10,14H,11H2,1-6H3,(H2,17,18,19). The molecule has 0 aromatic heterocycles. The maximum Gasteiger partial charge on any atom is 0.524 e. The molecule has 0 saturated heterocycles. The first-order valence-electron chi connectivity index (χ1n) is 7.13. The van der Waals surface area contributed by atoms with Crippen LogP contribution in [0.3, 0.4) is 0 Å². The molecule has 0 radical (unpaired) electrons. The summed E-state index contributed by atoms with van der Waals surface area (Å²) in [6, 6.07) is 7.03. The molecule has 0 saturated carbocycles. The molecule has 0 aliphatic carbocycles. The molecule has 0 heterocycles. The molecule has 2 N–H and O–H groups in total. The molecule has 21 heavy (non-hydrogen) atoms. The summed E-state index contributed by atoms with van der Waals surface area (Å²) in [5, 5.41) is 0. The van der Waals surface area contributed by atoms with Crippen molar-refractivity contribution in [2.45, 2.75) is 53.9 Å². The van der Waals surface area contributed by atoms with Crippen molar-refractivity contribution in [1.82, 2.24) is 0 Å². The molecule has 5 heteroatoms. The predicted octanol–water partition coefficient (Wildman–Crippen LogP) is 4.72. The van der Waals surface area contributed by atoms with Gasteiger partial charge in [0.25, 0.3) is 0 Å². The minimum absolute atomic E-state index is 0.110. The molecule has 1 rings (SSSR count). The lowest BCUT2D eigenvalue weighted by molar-refractivity contribution is 0.229. The van der Waals surface area contributed by atoms with Crippen LogP contribution in [0.4, 0.5) is 0 Å². The minimum Gasteiger partial charge on any atom is -0.404 e. The van der Waals surface area contributed by atoms with E-state index in [-0.39, 0.29) is 16.6 Å². The third-order valence-corrected chi connectivity index (χ3v) is 3.82. The van der Waals surface area contributed by atoms with Crippen LogP contribution in [0.25, 0.3) is 0 Å². The molecule has 0 aliphatic heterocycles. The Morgan fingerprint density at radius 2 is 1.52 bits per heavy atom. The van der Waals surface area contributed by atoms with E-state index in [1.165, 1.54) is 0 Å². The van der Waals surface area contributed by atoms with Gasteiger partial charge in [-0.15, -0.1) is 0 Å². The summed E-state index contributed by atoms with van der Waals surface area (Å²) in [6.07, 6.45) is 1.04. The maximum absolute atomic E-state index is 10.8. The molecular weight excluding hydrogens is 287 g/mol. The van der Waals surface area contributed by atoms with Gasteiger partial charge < -0.3 is 4.52 Å². The van der Waals surface area contributed by atoms with Crippen LogP contribution in [-0.4, -0.2) is 9.79 Å². The van der Waals surface area contributed by atoms with Gasteiger partial charge in [0.2, 0.25) is 0 Å². The Morgan fingerprint density at radius 3 is 1.86 bits per heavy atom. The Bertz CT molecular complexity index is 503. The molecule has 0 fully saturated rings. The largest absolute Gasteiger partial charge is 0.524 e. The van der Waals surface area contributed by atoms with Crippen LogP contribution < -0.4 is 4.52 Å². The minimum atomic E-state index is -4.49. The molecule has 1 aromatic carbocycles. The van der Waals surface area contributed by atoms with E-state index in [0.717, 1.165) is 12.0 Å². The first-order valence-corrected chi connectivity index (χ1v) is 8.66. The fourth-order valence-electron chi connectivity index (χ4n) is 2.43. The second kappa shape index (κ2) is 6.12. The van der Waals surface area contributed by atoms with Crippen LogP contribution in [0, 0.1) is 10.8 Å². The van der Waals surface area contributed by atoms with Gasteiger partial charge in [0.1, 0.15) is 5.75 Å². The predicted molar refractivity (Wildman–Crippen MR) is 85.4 cm³/mol. The van der Waals surface area contributed by atoms with Crippen LogP contribution in [0.2, 0.25) is 0 Å². The van der Waals surface area contributed by atoms with Crippen LogP contribution in [-0.2, 0) is 4.57 Å². The Hall–Kier alpha value is -0.830. The monoisotopic (exact) mass is 314 g/mol. The van der Waals surface area contributed by atoms with Crippen LogP contribution in [0.1, 0.15) is 59.4 Å². The highest BCUT2D eigenvalue weighted by Crippen LogP contribution is 2.44. The molecule has 120 valence electrons. The van der Waals surface area contributed by atoms with Crippen molar-refractivity contribution < 1.29 is 18.9 Å². The molecule has 0 amide bonds. The van der Waals surface area contributed by atoms with Gasteiger partial charge in [-0.05, 0) is 40.9 Å². The summed E-state index contributed by atoms with van der Waals surface area (Å²) in [4.78, 5) is 17.6. The van der Waals surface area contributed by atoms with Crippen LogP contribution in [0.5, 0.6) is 5.75 Å². The van der Waals surface area contributed by atoms with Crippen molar-refractivity contribution in [2.24, 2.45) is 10.8 Å². The summed E-state index contributed by atoms with van der Waals surface area (Å²) < 4.78 is 15.4. The second-order valence-electron chi connectivity index (χ2n) is 7.83. The Morgan fingerprint density at radius 1 is 1.05 bits per heavy atom. The molecule has 0 aliphatic rings. The maximum atomic E-state index is 10.8. The highest BCUT2D eigenvalue weighted by molar-refractivity contribution is 7.46. The van der Waals surface area contributed by atoms with Crippen molar-refractivity contribution in [3.05, 3.63) is 29.8 Å². The van der Waals surface area contributed by atoms with Gasteiger partial charge in [-0.3, -0.25) is 9.79 Å². The van der Waals surface area contributed by atoms with Crippen molar-refractivity contribution in [2.75, 3.05) is 0 Å². The first-order chi connectivity index (χ1) is 9.28. The number of rotatable bonds is 4. The normalized spacial score (nSPS) is 14.9. The van der Waals surface area contributed by atoms with Crippen molar-refractivity contribution >= 4 is 7.82 Å². The summed E-state index contributed by atoms with van der Waals surface area (Å²) in [7, 11) is -4.49. The van der Waals surface area contributed by atoms with E-state index < -0.39 is 7.82 Å². The van der Waals surface area contributed by atoms with E-state index in [4.69, 9.17) is 9.79 Å². The van der Waals surface area contributed by atoms with Gasteiger partial charge >= 0.3 is 7.82 Å². The molecule has 0 spiro atoms. The number of hydrogen-bond donors (Lipinski definition) is 2. The Balaban J connectivity index is 3.02. The van der Waals surface area contributed by atoms with Crippen LogP contribution in [0.15, 0.2) is 24.3 Å². The summed E-state index contributed by atoms with van der Waals surface area (Å²) >= 11 is 0. The smallest absolute Gasteiger partial charge is 0.404 e. The van der Waals surface area contributed by atoms with E-state index >= 15 is 0 Å². The van der Waals surface area contributed by atoms with Gasteiger partial charge in [0.05, 0.1) is 0 Å². The summed E-state index contributed by atoms with van der Waals surface area (Å²) in [5.74, 6) is 0.553. The molecule has 0 bridgehead atoms. The van der Waals surface area contributed by atoms with Crippen molar-refractivity contribution in [3.8, 4) is 5.75 Å². The molecule has 1 aromatic rings. The number of phosphoric acid groups is 1. The lowest BCUT2D eigenvalue weighted by atomic mass is 9.69. The SMILES string of the molecule is CC(C)(C)CC(c1ccc(OP(=O)(O)O)cc1)C(C)(C)C. The highest BCUT2D eigenvalue weighted by atomic mass is 31.2. The quantitative estimate of drug-likeness (QED) is 0.789. The zero-order valence-electron chi connectivity index (χ0n) is 13.8. The van der Waals surface area contributed by atoms with Gasteiger partial charge in [0, 0.05) is 0 Å². The van der Waals surface area contributed by atoms with Crippen molar-refractivity contribution in [1.29, 1.82) is 0 Å². The van der Waals surface area contributed by atoms with Crippen LogP contribution >= 0.6 is 7.82 Å². The second-order valence-corrected chi connectivity index (χ2v) is 9.00. The number of benzene rings is 1. The lowest BCUT2D eigenvalue weighted by Crippen LogP contribution is -2.23. The van der Waals surface area contributed by atoms with Gasteiger partial charge in [-0.1, -0.05) is 53.7 Å². The van der Waals surface area contributed by atoms with Gasteiger partial charge in [-0.25, -0.2) is 4.57 Å². The fraction of sp³-hybridized carbons (Fsp3) is 0.625. The third-order valence-electron chi connectivity index (χ3n) is 3.37. The van der Waals surface area contributed by atoms with Gasteiger partial charge in [0.15, 0.2) is 0 Å². The first kappa shape index (κ1) is 18.2. The van der Waals surface area contributed by atoms with E-state index in [1.54, 1.807) is 12.1 Å².